The molecule has 0 amide bonds. The van der Waals surface area contributed by atoms with Gasteiger partial charge in [0.25, 0.3) is 0 Å². The first-order chi connectivity index (χ1) is 27.7. The van der Waals surface area contributed by atoms with E-state index in [1.54, 1.807) is 0 Å². The topological polar surface area (TPSA) is 36.9 Å². The standard InChI is InChI=1S/C50H42BO4P/c1-2-52-48-33-19-18-32-47(48)40-36-38-46(39-37-40)56(43-26-12-5-13-27-43,44-28-14-6-15-29-44,45-30-16-7-17-31-45)50-35-21-20-34-49(50)55-51(53-41-22-8-3-9-23-41)54-42-24-10-4-11-25-42/h3-39H,2H2,1H3. The molecule has 0 aliphatic carbocycles. The molecule has 0 saturated carbocycles. The second kappa shape index (κ2) is 16.4. The van der Waals surface area contributed by atoms with Crippen LogP contribution in [0.4, 0.5) is 0 Å². The van der Waals surface area contributed by atoms with E-state index in [9.17, 15) is 0 Å². The Morgan fingerprint density at radius 2 is 0.768 bits per heavy atom. The molecule has 56 heavy (non-hydrogen) atoms. The summed E-state index contributed by atoms with van der Waals surface area (Å²) in [5.41, 5.74) is 2.11. The molecule has 0 bridgehead atoms. The third-order valence-electron chi connectivity index (χ3n) is 10.2. The Kier molecular flexibility index (Phi) is 10.7. The van der Waals surface area contributed by atoms with Gasteiger partial charge in [0.05, 0.1) is 0 Å². The van der Waals surface area contributed by atoms with Gasteiger partial charge in [-0.2, -0.15) is 0 Å². The number of hydrogen-bond acceptors (Lipinski definition) is 4. The fourth-order valence-corrected chi connectivity index (χ4v) is 14.8. The quantitative estimate of drug-likeness (QED) is 0.0820. The molecule has 0 N–H and O–H groups in total. The van der Waals surface area contributed by atoms with Crippen molar-refractivity contribution in [2.24, 2.45) is 0 Å². The molecule has 6 heteroatoms. The number of para-hydroxylation sites is 4. The second-order valence-corrected chi connectivity index (χ2v) is 18.1. The molecular formula is C50H42BO4P. The number of hydrogen-bond donors (Lipinski definition) is 0. The van der Waals surface area contributed by atoms with Crippen LogP contribution in [-0.2, 0) is 0 Å². The number of benzene rings is 8. The Bertz CT molecular complexity index is 2320. The fourth-order valence-electron chi connectivity index (χ4n) is 7.88. The maximum absolute atomic E-state index is 7.08. The van der Waals surface area contributed by atoms with Crippen LogP contribution in [0.5, 0.6) is 23.0 Å². The maximum atomic E-state index is 7.08. The van der Waals surface area contributed by atoms with Crippen LogP contribution in [0.2, 0.25) is 0 Å². The third-order valence-corrected chi connectivity index (χ3v) is 16.9. The van der Waals surface area contributed by atoms with Crippen molar-refractivity contribution in [3.05, 3.63) is 224 Å². The number of rotatable bonds is 14. The van der Waals surface area contributed by atoms with Crippen LogP contribution in [0.3, 0.4) is 0 Å². The zero-order valence-electron chi connectivity index (χ0n) is 31.2. The van der Waals surface area contributed by atoms with Gasteiger partial charge in [-0.3, -0.25) is 0 Å². The van der Waals surface area contributed by atoms with Crippen molar-refractivity contribution in [1.82, 2.24) is 0 Å². The van der Waals surface area contributed by atoms with E-state index in [1.807, 2.05) is 91.9 Å². The molecule has 0 unspecified atom stereocenters. The first kappa shape index (κ1) is 36.4. The van der Waals surface area contributed by atoms with Gasteiger partial charge in [0.15, 0.2) is 0 Å². The first-order valence-electron chi connectivity index (χ1n) is 18.9. The zero-order chi connectivity index (χ0) is 38.1. The Labute approximate surface area is 330 Å². The van der Waals surface area contributed by atoms with Crippen LogP contribution >= 0.6 is 6.60 Å². The van der Waals surface area contributed by atoms with Crippen LogP contribution in [0.1, 0.15) is 6.92 Å². The predicted octanol–water partition coefficient (Wildman–Crippen LogP) is 9.75. The van der Waals surface area contributed by atoms with Crippen molar-refractivity contribution in [2.75, 3.05) is 6.61 Å². The Balaban J connectivity index is 1.43. The molecule has 0 spiro atoms. The minimum absolute atomic E-state index is 0.585. The summed E-state index contributed by atoms with van der Waals surface area (Å²) in [6.07, 6.45) is 0. The van der Waals surface area contributed by atoms with Gasteiger partial charge in [-0.1, -0.05) is 0 Å². The average molecular weight is 749 g/mol. The van der Waals surface area contributed by atoms with Crippen molar-refractivity contribution in [3.63, 3.8) is 0 Å². The van der Waals surface area contributed by atoms with E-state index in [2.05, 4.69) is 140 Å². The van der Waals surface area contributed by atoms with Gasteiger partial charge in [-0.05, 0) is 0 Å². The molecule has 8 aromatic carbocycles. The summed E-state index contributed by atoms with van der Waals surface area (Å²) in [5.74, 6) is 2.75. The van der Waals surface area contributed by atoms with E-state index in [1.165, 1.54) is 15.9 Å². The molecule has 0 aliphatic heterocycles. The van der Waals surface area contributed by atoms with E-state index in [0.29, 0.717) is 23.9 Å². The van der Waals surface area contributed by atoms with Gasteiger partial charge >= 0.3 is 331 Å². The molecule has 0 aromatic heterocycles. The second-order valence-electron chi connectivity index (χ2n) is 13.3. The van der Waals surface area contributed by atoms with Crippen molar-refractivity contribution in [2.45, 2.75) is 6.92 Å². The van der Waals surface area contributed by atoms with E-state index in [-0.39, 0.29) is 0 Å². The summed E-state index contributed by atoms with van der Waals surface area (Å²) in [7, 11) is -1.12. The summed E-state index contributed by atoms with van der Waals surface area (Å²) in [6, 6.07) is 77.6. The molecule has 0 fully saturated rings. The van der Waals surface area contributed by atoms with Gasteiger partial charge in [0.2, 0.25) is 0 Å². The molecule has 0 heterocycles. The Hall–Kier alpha value is -6.55. The van der Waals surface area contributed by atoms with Crippen LogP contribution in [0.15, 0.2) is 224 Å². The van der Waals surface area contributed by atoms with Crippen LogP contribution in [0.25, 0.3) is 11.1 Å². The third kappa shape index (κ3) is 6.61. The monoisotopic (exact) mass is 748 g/mol. The average Bonchev–Trinajstić information content (AvgIpc) is 3.27. The van der Waals surface area contributed by atoms with Gasteiger partial charge < -0.3 is 0 Å². The molecule has 0 radical (unpaired) electrons. The van der Waals surface area contributed by atoms with E-state index in [0.717, 1.165) is 27.5 Å². The zero-order valence-corrected chi connectivity index (χ0v) is 32.1. The van der Waals surface area contributed by atoms with Crippen molar-refractivity contribution >= 4 is 40.4 Å². The molecule has 0 atom stereocenters. The van der Waals surface area contributed by atoms with E-state index in [4.69, 9.17) is 18.7 Å². The SMILES string of the molecule is CCOc1ccccc1-c1ccc(P(c2ccccc2)(c2ccccc2)(c2ccccc2)c2ccccc2OB(Oc2ccccc2)Oc2ccccc2)cc1. The van der Waals surface area contributed by atoms with Gasteiger partial charge in [-0.15, -0.1) is 0 Å². The van der Waals surface area contributed by atoms with Gasteiger partial charge in [-0.25, -0.2) is 0 Å². The molecule has 0 aliphatic rings. The summed E-state index contributed by atoms with van der Waals surface area (Å²) >= 11 is 0. The Morgan fingerprint density at radius 1 is 0.375 bits per heavy atom. The molecule has 8 rings (SSSR count). The molecule has 0 saturated heterocycles. The van der Waals surface area contributed by atoms with E-state index >= 15 is 0 Å². The predicted molar refractivity (Wildman–Crippen MR) is 234 cm³/mol. The molecular weight excluding hydrogens is 706 g/mol. The van der Waals surface area contributed by atoms with Crippen LogP contribution in [-0.4, -0.2) is 13.9 Å². The summed E-state index contributed by atoms with van der Waals surface area (Å²) < 4.78 is 26.2. The number of ether oxygens (including phenoxy) is 1. The molecule has 4 nitrogen and oxygen atoms in total. The summed E-state index contributed by atoms with van der Waals surface area (Å²) in [5, 5.41) is 5.66. The molecule has 274 valence electrons. The first-order valence-corrected chi connectivity index (χ1v) is 21.2. The van der Waals surface area contributed by atoms with Crippen molar-refractivity contribution in [1.29, 1.82) is 0 Å². The van der Waals surface area contributed by atoms with Crippen LogP contribution in [0, 0.1) is 0 Å². The van der Waals surface area contributed by atoms with Gasteiger partial charge in [0.1, 0.15) is 0 Å². The summed E-state index contributed by atoms with van der Waals surface area (Å²) in [6.45, 7) is -1.40. The van der Waals surface area contributed by atoms with Gasteiger partial charge in [0, 0.05) is 0 Å². The van der Waals surface area contributed by atoms with Crippen LogP contribution < -0.4 is 45.2 Å². The van der Waals surface area contributed by atoms with Crippen molar-refractivity contribution in [3.8, 4) is 34.1 Å². The Morgan fingerprint density at radius 3 is 1.25 bits per heavy atom. The van der Waals surface area contributed by atoms with Crippen molar-refractivity contribution < 1.29 is 18.7 Å². The summed E-state index contributed by atoms with van der Waals surface area (Å²) in [4.78, 5) is 0. The molecule has 8 aromatic rings. The fraction of sp³-hybridized carbons (Fsp3) is 0.0400. The minimum atomic E-state index is -4.00. The normalized spacial score (nSPS) is 11.8. The van der Waals surface area contributed by atoms with E-state index < -0.39 is 13.9 Å².